The van der Waals surface area contributed by atoms with E-state index in [1.165, 1.54) is 25.3 Å². The number of fused-ring (bicyclic) bond motifs is 5. The van der Waals surface area contributed by atoms with Crippen molar-refractivity contribution < 1.29 is 51.6 Å². The Morgan fingerprint density at radius 3 is 1.27 bits per heavy atom. The number of imidazole rings is 3. The highest BCUT2D eigenvalue weighted by Crippen LogP contribution is 2.53. The number of nitrogens with two attached hydrogens (primary N) is 3. The fourth-order valence-corrected chi connectivity index (χ4v) is 10.4. The zero-order valence-corrected chi connectivity index (χ0v) is 44.9. The lowest BCUT2D eigenvalue weighted by atomic mass is 10.1. The summed E-state index contributed by atoms with van der Waals surface area (Å²) in [7, 11) is -8.17. The van der Waals surface area contributed by atoms with Crippen molar-refractivity contribution in [3.05, 3.63) is 123 Å². The van der Waals surface area contributed by atoms with E-state index in [4.69, 9.17) is 61.5 Å². The van der Waals surface area contributed by atoms with E-state index in [1.54, 1.807) is 58.4 Å². The monoisotopic (exact) mass is 1130 g/mol. The minimum absolute atomic E-state index is 0.233. The first-order chi connectivity index (χ1) is 36.7. The van der Waals surface area contributed by atoms with Crippen molar-refractivity contribution in [3.8, 4) is 11.5 Å². The molecule has 0 bridgehead atoms. The SMILES string of the molecule is C[C@H](Cn1cnc2c(N)ncnc21)OCP(=O)(Cl)Oc1cccc2ccccc12.C[C@H](Cn1cnc2c(N)ncnc21)OCP(=O)(O)O.C[C@H](Cn1cnc2c(N)ncnc21)OCP(=O)(O)Oc1cccc2ccccc12. The third kappa shape index (κ3) is 14.8. The number of anilines is 3. The molecule has 0 aliphatic carbocycles. The summed E-state index contributed by atoms with van der Waals surface area (Å²) in [5.74, 6) is 1.71. The zero-order valence-electron chi connectivity index (χ0n) is 41.4. The van der Waals surface area contributed by atoms with E-state index in [0.717, 1.165) is 21.5 Å². The van der Waals surface area contributed by atoms with Gasteiger partial charge in [0.25, 0.3) is 0 Å². The Morgan fingerprint density at radius 2 is 0.857 bits per heavy atom. The van der Waals surface area contributed by atoms with Gasteiger partial charge < -0.3 is 68.8 Å². The summed E-state index contributed by atoms with van der Waals surface area (Å²) >= 11 is 6.16. The fourth-order valence-electron chi connectivity index (χ4n) is 7.65. The zero-order chi connectivity index (χ0) is 54.9. The van der Waals surface area contributed by atoms with Crippen LogP contribution in [0.5, 0.6) is 11.5 Å². The second-order valence-electron chi connectivity index (χ2n) is 17.3. The topological polar surface area (TPSA) is 367 Å². The van der Waals surface area contributed by atoms with Gasteiger partial charge in [-0.05, 0) is 54.9 Å². The van der Waals surface area contributed by atoms with Gasteiger partial charge in [0.1, 0.15) is 59.7 Å². The molecule has 0 saturated carbocycles. The molecule has 0 aliphatic rings. The van der Waals surface area contributed by atoms with Crippen LogP contribution in [0.3, 0.4) is 0 Å². The highest BCUT2D eigenvalue weighted by Gasteiger charge is 2.26. The summed E-state index contributed by atoms with van der Waals surface area (Å²) < 4.78 is 68.6. The van der Waals surface area contributed by atoms with Crippen LogP contribution in [0.4, 0.5) is 17.5 Å². The number of nitrogens with zero attached hydrogens (tertiary/aromatic N) is 12. The van der Waals surface area contributed by atoms with Crippen LogP contribution in [0.1, 0.15) is 20.8 Å². The van der Waals surface area contributed by atoms with Gasteiger partial charge in [-0.15, -0.1) is 0 Å². The second kappa shape index (κ2) is 24.4. The summed E-state index contributed by atoms with van der Waals surface area (Å²) in [6.07, 6.45) is 6.41. The van der Waals surface area contributed by atoms with Crippen LogP contribution >= 0.6 is 33.2 Å². The van der Waals surface area contributed by atoms with Gasteiger partial charge in [0.15, 0.2) is 40.7 Å². The molecular formula is C47H53ClN15O11P3. The van der Waals surface area contributed by atoms with Crippen molar-refractivity contribution in [1.29, 1.82) is 0 Å². The molecule has 2 unspecified atom stereocenters. The van der Waals surface area contributed by atoms with Gasteiger partial charge in [-0.3, -0.25) is 9.13 Å². The molecule has 0 aliphatic heterocycles. The standard InChI is InChI=1S/C19H19ClN5O3P.C19H20N5O4P.C9H14N5O4P/c1-13(9-25-11-24-17-18(21)22-10-23-19(17)25)27-12-29(20,26)28-16-8-4-6-14-5-2-3-7-15(14)16;1-13(9-24-11-23-17-18(20)21-10-22-19(17)24)27-12-29(25,26)28-16-8-4-6-14-5-2-3-7-15(14)16;1-6(18-5-19(15,16)17)2-14-4-13-7-8(10)11-3-12-9(7)14/h2-8,10-11,13H,9,12H2,1H3,(H2,21,22,23);2-8,10-11,13H,9,12H2,1H3,(H,25,26)(H2,20,21,22);3-4,6H,2,5H2,1H3,(H2,10,11,12)(H2,15,16,17)/t13-,29?;13-;6-/m111/s1. The molecule has 6 heterocycles. The molecule has 77 heavy (non-hydrogen) atoms. The maximum atomic E-state index is 12.8. The highest BCUT2D eigenvalue weighted by molar-refractivity contribution is 7.85. The summed E-state index contributed by atoms with van der Waals surface area (Å²) in [6.45, 7) is 2.94. The maximum Gasteiger partial charge on any atom is 0.402 e. The Hall–Kier alpha value is -7.21. The van der Waals surface area contributed by atoms with Gasteiger partial charge in [0.05, 0.1) is 56.9 Å². The third-order valence-corrected chi connectivity index (χ3v) is 14.1. The molecule has 0 spiro atoms. The molecule has 6 aromatic heterocycles. The van der Waals surface area contributed by atoms with Crippen LogP contribution < -0.4 is 26.2 Å². The first-order valence-electron chi connectivity index (χ1n) is 23.3. The number of halogens is 1. The number of ether oxygens (including phenoxy) is 3. The number of aromatic nitrogens is 12. The number of hydrogen-bond acceptors (Lipinski definition) is 20. The molecule has 10 rings (SSSR count). The van der Waals surface area contributed by atoms with Gasteiger partial charge in [-0.1, -0.05) is 72.8 Å². The number of rotatable bonds is 19. The number of hydrogen-bond donors (Lipinski definition) is 6. The first-order valence-corrected chi connectivity index (χ1v) is 29.6. The lowest BCUT2D eigenvalue weighted by Gasteiger charge is -2.18. The molecular weight excluding hydrogens is 1080 g/mol. The van der Waals surface area contributed by atoms with Gasteiger partial charge in [0.2, 0.25) is 0 Å². The normalized spacial score (nSPS) is 14.5. The van der Waals surface area contributed by atoms with E-state index in [-0.39, 0.29) is 24.4 Å². The second-order valence-corrected chi connectivity index (χ2v) is 23.8. The lowest BCUT2D eigenvalue weighted by molar-refractivity contribution is 0.0764. The van der Waals surface area contributed by atoms with Crippen LogP contribution in [-0.2, 0) is 47.5 Å². The molecule has 0 amide bonds. The average Bonchev–Trinajstić information content (AvgIpc) is 4.13. The highest BCUT2D eigenvalue weighted by atomic mass is 35.7. The van der Waals surface area contributed by atoms with Gasteiger partial charge in [-0.2, -0.15) is 0 Å². The summed E-state index contributed by atoms with van der Waals surface area (Å²) in [6, 6.07) is 26.0. The van der Waals surface area contributed by atoms with Crippen LogP contribution in [0.2, 0.25) is 0 Å². The molecule has 0 saturated heterocycles. The third-order valence-electron chi connectivity index (χ3n) is 11.2. The van der Waals surface area contributed by atoms with Gasteiger partial charge in [0, 0.05) is 10.8 Å². The minimum Gasteiger partial charge on any atom is -0.431 e. The van der Waals surface area contributed by atoms with E-state index >= 15 is 0 Å². The molecule has 5 atom stereocenters. The number of nitrogen functional groups attached to an aromatic ring is 3. The van der Waals surface area contributed by atoms with E-state index in [9.17, 15) is 18.6 Å². The van der Waals surface area contributed by atoms with Crippen molar-refractivity contribution in [2.24, 2.45) is 0 Å². The Balaban J connectivity index is 0.000000157. The minimum atomic E-state index is -4.16. The predicted molar refractivity (Wildman–Crippen MR) is 290 cm³/mol. The fraction of sp³-hybridized carbons (Fsp3) is 0.255. The molecule has 30 heteroatoms. The van der Waals surface area contributed by atoms with Gasteiger partial charge >= 0.3 is 21.9 Å². The molecule has 4 aromatic carbocycles. The largest absolute Gasteiger partial charge is 0.431 e. The van der Waals surface area contributed by atoms with Crippen LogP contribution in [0.25, 0.3) is 55.0 Å². The summed E-state index contributed by atoms with van der Waals surface area (Å²) in [5.41, 5.74) is 20.5. The quantitative estimate of drug-likeness (QED) is 0.0425. The average molecular weight is 1130 g/mol. The molecule has 0 fully saturated rings. The Morgan fingerprint density at radius 1 is 0.494 bits per heavy atom. The maximum absolute atomic E-state index is 12.8. The van der Waals surface area contributed by atoms with Gasteiger partial charge in [-0.25, -0.2) is 49.4 Å². The van der Waals surface area contributed by atoms with Crippen LogP contribution in [0.15, 0.2) is 123 Å². The smallest absolute Gasteiger partial charge is 0.402 e. The Labute approximate surface area is 443 Å². The van der Waals surface area contributed by atoms with E-state index in [1.807, 2.05) is 73.7 Å². The van der Waals surface area contributed by atoms with E-state index in [2.05, 4.69) is 44.9 Å². The molecule has 10 aromatic rings. The molecule has 0 radical (unpaired) electrons. The van der Waals surface area contributed by atoms with Crippen molar-refractivity contribution in [2.75, 3.05) is 36.2 Å². The van der Waals surface area contributed by atoms with Crippen molar-refractivity contribution in [3.63, 3.8) is 0 Å². The number of benzene rings is 4. The van der Waals surface area contributed by atoms with E-state index < -0.39 is 40.7 Å². The molecule has 9 N–H and O–H groups in total. The van der Waals surface area contributed by atoms with Crippen LogP contribution in [-0.4, -0.2) is 111 Å². The molecule has 404 valence electrons. The van der Waals surface area contributed by atoms with Crippen LogP contribution in [0, 0.1) is 0 Å². The Kier molecular flexibility index (Phi) is 17.8. The summed E-state index contributed by atoms with van der Waals surface area (Å²) in [5, 5.41) is 3.50. The lowest BCUT2D eigenvalue weighted by Crippen LogP contribution is -2.18. The van der Waals surface area contributed by atoms with E-state index in [0.29, 0.717) is 76.3 Å². The summed E-state index contributed by atoms with van der Waals surface area (Å²) in [4.78, 5) is 64.3. The van der Waals surface area contributed by atoms with Crippen molar-refractivity contribution in [1.82, 2.24) is 58.6 Å². The first kappa shape index (κ1) is 56.0. The van der Waals surface area contributed by atoms with Crippen molar-refractivity contribution >= 4 is 106 Å². The predicted octanol–water partition coefficient (Wildman–Crippen LogP) is 7.57. The van der Waals surface area contributed by atoms with Crippen molar-refractivity contribution in [2.45, 2.75) is 58.7 Å². The molecule has 26 nitrogen and oxygen atoms in total. The Bertz CT molecular complexity index is 3610.